The molecule has 0 fully saturated rings. The van der Waals surface area contributed by atoms with Crippen molar-refractivity contribution in [3.63, 3.8) is 0 Å². The molecule has 1 N–H and O–H groups in total. The van der Waals surface area contributed by atoms with E-state index >= 15 is 0 Å². The van der Waals surface area contributed by atoms with Crippen LogP contribution in [0, 0.1) is 0 Å². The molecule has 0 saturated heterocycles. The summed E-state index contributed by atoms with van der Waals surface area (Å²) < 4.78 is 0. The normalized spacial score (nSPS) is 10.2. The molecule has 2 nitrogen and oxygen atoms in total. The second kappa shape index (κ2) is 5.31. The Morgan fingerprint density at radius 2 is 1.75 bits per heavy atom. The Morgan fingerprint density at radius 3 is 2.50 bits per heavy atom. The topological polar surface area (TPSA) is 32.9 Å². The van der Waals surface area contributed by atoms with Crippen LogP contribution in [0.3, 0.4) is 0 Å². The maximum atomic E-state index is 11.4. The first kappa shape index (κ1) is 10.7. The zero-order valence-corrected chi connectivity index (χ0v) is 9.15. The lowest BCUT2D eigenvalue weighted by molar-refractivity contribution is 0.810. The van der Waals surface area contributed by atoms with Crippen LogP contribution in [-0.2, 0) is 12.8 Å². The van der Waals surface area contributed by atoms with Gasteiger partial charge in [0.1, 0.15) is 0 Å². The number of H-pyrrole nitrogens is 1. The molecule has 1 aromatic carbocycles. The Kier molecular flexibility index (Phi) is 3.54. The Labute approximate surface area is 95.0 Å². The predicted octanol–water partition coefficient (Wildman–Crippen LogP) is 2.55. The molecule has 0 unspecified atom stereocenters. The van der Waals surface area contributed by atoms with E-state index in [4.69, 9.17) is 0 Å². The molecule has 0 saturated carbocycles. The van der Waals surface area contributed by atoms with Gasteiger partial charge in [0.15, 0.2) is 0 Å². The first-order valence-corrected chi connectivity index (χ1v) is 5.57. The molecule has 0 bridgehead atoms. The number of nitrogens with one attached hydrogen (secondary N) is 1. The van der Waals surface area contributed by atoms with E-state index in [9.17, 15) is 4.79 Å². The lowest BCUT2D eigenvalue weighted by atomic mass is 10.1. The van der Waals surface area contributed by atoms with E-state index in [2.05, 4.69) is 17.1 Å². The summed E-state index contributed by atoms with van der Waals surface area (Å²) in [5.74, 6) is 0. The molecule has 82 valence electrons. The monoisotopic (exact) mass is 213 g/mol. The Bertz CT molecular complexity index is 487. The second-order valence-electron chi connectivity index (χ2n) is 3.86. The highest BCUT2D eigenvalue weighted by Gasteiger charge is 1.98. The van der Waals surface area contributed by atoms with Crippen LogP contribution in [0.5, 0.6) is 0 Å². The summed E-state index contributed by atoms with van der Waals surface area (Å²) in [5, 5.41) is 0. The average Bonchev–Trinajstić information content (AvgIpc) is 2.33. The average molecular weight is 213 g/mol. The molecule has 16 heavy (non-hydrogen) atoms. The van der Waals surface area contributed by atoms with Gasteiger partial charge < -0.3 is 4.98 Å². The van der Waals surface area contributed by atoms with Crippen LogP contribution in [0.15, 0.2) is 53.5 Å². The third-order valence-corrected chi connectivity index (χ3v) is 2.65. The molecule has 2 heteroatoms. The van der Waals surface area contributed by atoms with Crippen LogP contribution in [-0.4, -0.2) is 4.98 Å². The maximum absolute atomic E-state index is 11.4. The molecule has 0 aliphatic carbocycles. The van der Waals surface area contributed by atoms with Gasteiger partial charge in [-0.3, -0.25) is 4.79 Å². The fourth-order valence-electron chi connectivity index (χ4n) is 1.78. The zero-order chi connectivity index (χ0) is 11.2. The molecule has 0 aliphatic rings. The minimum Gasteiger partial charge on any atom is -0.329 e. The van der Waals surface area contributed by atoms with Crippen molar-refractivity contribution in [1.29, 1.82) is 0 Å². The van der Waals surface area contributed by atoms with E-state index in [1.54, 1.807) is 6.20 Å². The summed E-state index contributed by atoms with van der Waals surface area (Å²) in [6, 6.07) is 14.1. The standard InChI is InChI=1S/C14H15NO/c16-14-13(10-5-11-15-14)9-4-8-12-6-2-1-3-7-12/h1-3,5-7,10-11H,4,8-9H2,(H,15,16). The first-order valence-electron chi connectivity index (χ1n) is 5.57. The van der Waals surface area contributed by atoms with Crippen molar-refractivity contribution in [2.45, 2.75) is 19.3 Å². The van der Waals surface area contributed by atoms with Crippen molar-refractivity contribution in [1.82, 2.24) is 4.98 Å². The number of hydrogen-bond donors (Lipinski definition) is 1. The Morgan fingerprint density at radius 1 is 0.938 bits per heavy atom. The fraction of sp³-hybridized carbons (Fsp3) is 0.214. The maximum Gasteiger partial charge on any atom is 0.251 e. The van der Waals surface area contributed by atoms with Crippen LogP contribution in [0.25, 0.3) is 0 Å². The first-order chi connectivity index (χ1) is 7.86. The molecule has 1 aromatic heterocycles. The molecule has 0 amide bonds. The highest BCUT2D eigenvalue weighted by Crippen LogP contribution is 2.05. The molecular formula is C14H15NO. The summed E-state index contributed by atoms with van der Waals surface area (Å²) in [6.07, 6.45) is 4.54. The SMILES string of the molecule is O=c1[nH]cccc1CCCc1ccccc1. The predicted molar refractivity (Wildman–Crippen MR) is 65.5 cm³/mol. The van der Waals surface area contributed by atoms with E-state index in [0.717, 1.165) is 24.8 Å². The lowest BCUT2D eigenvalue weighted by Crippen LogP contribution is -2.11. The van der Waals surface area contributed by atoms with E-state index < -0.39 is 0 Å². The van der Waals surface area contributed by atoms with Gasteiger partial charge in [-0.25, -0.2) is 0 Å². The van der Waals surface area contributed by atoms with Gasteiger partial charge in [0.2, 0.25) is 0 Å². The van der Waals surface area contributed by atoms with Gasteiger partial charge in [-0.1, -0.05) is 36.4 Å². The van der Waals surface area contributed by atoms with Crippen molar-refractivity contribution < 1.29 is 0 Å². The van der Waals surface area contributed by atoms with Crippen LogP contribution in [0.2, 0.25) is 0 Å². The number of aryl methyl sites for hydroxylation is 2. The van der Waals surface area contributed by atoms with Crippen molar-refractivity contribution in [2.75, 3.05) is 0 Å². The summed E-state index contributed by atoms with van der Waals surface area (Å²) in [5.41, 5.74) is 2.24. The van der Waals surface area contributed by atoms with Gasteiger partial charge in [0.25, 0.3) is 5.56 Å². The number of benzene rings is 1. The molecular weight excluding hydrogens is 198 g/mol. The summed E-state index contributed by atoms with van der Waals surface area (Å²) in [6.45, 7) is 0. The smallest absolute Gasteiger partial charge is 0.251 e. The molecule has 2 aromatic rings. The minimum absolute atomic E-state index is 0.0376. The van der Waals surface area contributed by atoms with Gasteiger partial charge in [-0.05, 0) is 30.9 Å². The van der Waals surface area contributed by atoms with Crippen molar-refractivity contribution >= 4 is 0 Å². The molecule has 2 rings (SSSR count). The number of aromatic nitrogens is 1. The van der Waals surface area contributed by atoms with Gasteiger partial charge in [0, 0.05) is 11.8 Å². The van der Waals surface area contributed by atoms with Gasteiger partial charge >= 0.3 is 0 Å². The van der Waals surface area contributed by atoms with Gasteiger partial charge in [0.05, 0.1) is 0 Å². The third-order valence-electron chi connectivity index (χ3n) is 2.65. The van der Waals surface area contributed by atoms with E-state index in [1.165, 1.54) is 5.56 Å². The largest absolute Gasteiger partial charge is 0.329 e. The molecule has 1 heterocycles. The quantitative estimate of drug-likeness (QED) is 0.831. The highest BCUT2D eigenvalue weighted by atomic mass is 16.1. The van der Waals surface area contributed by atoms with E-state index in [0.29, 0.717) is 0 Å². The third kappa shape index (κ3) is 2.83. The Balaban J connectivity index is 1.90. The molecule has 0 atom stereocenters. The van der Waals surface area contributed by atoms with Crippen molar-refractivity contribution in [3.8, 4) is 0 Å². The van der Waals surface area contributed by atoms with Crippen molar-refractivity contribution in [3.05, 3.63) is 70.1 Å². The lowest BCUT2D eigenvalue weighted by Gasteiger charge is -2.01. The molecule has 0 radical (unpaired) electrons. The van der Waals surface area contributed by atoms with Gasteiger partial charge in [-0.2, -0.15) is 0 Å². The minimum atomic E-state index is 0.0376. The van der Waals surface area contributed by atoms with Crippen LogP contribution in [0.4, 0.5) is 0 Å². The van der Waals surface area contributed by atoms with E-state index in [-0.39, 0.29) is 5.56 Å². The molecule has 0 aliphatic heterocycles. The summed E-state index contributed by atoms with van der Waals surface area (Å²) >= 11 is 0. The van der Waals surface area contributed by atoms with E-state index in [1.807, 2.05) is 30.3 Å². The summed E-state index contributed by atoms with van der Waals surface area (Å²) in [4.78, 5) is 14.1. The van der Waals surface area contributed by atoms with Gasteiger partial charge in [-0.15, -0.1) is 0 Å². The van der Waals surface area contributed by atoms with Crippen LogP contribution < -0.4 is 5.56 Å². The second-order valence-corrected chi connectivity index (χ2v) is 3.86. The number of hydrogen-bond acceptors (Lipinski definition) is 1. The number of pyridine rings is 1. The van der Waals surface area contributed by atoms with Crippen LogP contribution in [0.1, 0.15) is 17.5 Å². The fourth-order valence-corrected chi connectivity index (χ4v) is 1.78. The molecule has 0 spiro atoms. The Hall–Kier alpha value is -1.83. The zero-order valence-electron chi connectivity index (χ0n) is 9.15. The number of aromatic amines is 1. The highest BCUT2D eigenvalue weighted by molar-refractivity contribution is 5.15. The number of rotatable bonds is 4. The van der Waals surface area contributed by atoms with Crippen LogP contribution >= 0.6 is 0 Å². The summed E-state index contributed by atoms with van der Waals surface area (Å²) in [7, 11) is 0. The van der Waals surface area contributed by atoms with Crippen molar-refractivity contribution in [2.24, 2.45) is 0 Å².